The molecule has 6 heteroatoms. The lowest BCUT2D eigenvalue weighted by molar-refractivity contribution is 0.461. The van der Waals surface area contributed by atoms with Gasteiger partial charge in [-0.05, 0) is 48.7 Å². The molecule has 0 atom stereocenters. The third-order valence-electron chi connectivity index (χ3n) is 5.01. The number of benzene rings is 1. The summed E-state index contributed by atoms with van der Waals surface area (Å²) in [4.78, 5) is 13.4. The lowest BCUT2D eigenvalue weighted by Gasteiger charge is -2.22. The van der Waals surface area contributed by atoms with E-state index < -0.39 is 0 Å². The van der Waals surface area contributed by atoms with Gasteiger partial charge in [0.15, 0.2) is 0 Å². The van der Waals surface area contributed by atoms with Crippen molar-refractivity contribution in [2.45, 2.75) is 44.7 Å². The first-order valence-corrected chi connectivity index (χ1v) is 9.80. The van der Waals surface area contributed by atoms with Crippen LogP contribution in [-0.2, 0) is 6.54 Å². The average molecular weight is 377 g/mol. The minimum absolute atomic E-state index is 0.236. The zero-order valence-electron chi connectivity index (χ0n) is 15.7. The van der Waals surface area contributed by atoms with E-state index in [0.717, 1.165) is 22.6 Å². The fourth-order valence-electron chi connectivity index (χ4n) is 3.54. The van der Waals surface area contributed by atoms with Crippen LogP contribution in [0.15, 0.2) is 54.9 Å². The Hall–Kier alpha value is -3.02. The predicted molar refractivity (Wildman–Crippen MR) is 109 cm³/mol. The van der Waals surface area contributed by atoms with E-state index in [-0.39, 0.29) is 5.82 Å². The summed E-state index contributed by atoms with van der Waals surface area (Å²) in [6, 6.07) is 12.8. The summed E-state index contributed by atoms with van der Waals surface area (Å²) in [5.41, 5.74) is 2.68. The molecule has 144 valence electrons. The van der Waals surface area contributed by atoms with Gasteiger partial charge in [-0.15, -0.1) is 0 Å². The number of hydrogen-bond acceptors (Lipinski definition) is 5. The standard InChI is InChI=1S/C22H24FN5/c23-18-6-4-5-16(13-18)15-26-21-14-17(9-11-24-21)20-10-12-25-22(28-20)27-19-7-2-1-3-8-19/h4-6,9-14,19H,1-3,7-8,15H2,(H,24,26)(H,25,27,28). The Morgan fingerprint density at radius 3 is 2.68 bits per heavy atom. The molecule has 2 heterocycles. The molecule has 4 rings (SSSR count). The van der Waals surface area contributed by atoms with Crippen LogP contribution >= 0.6 is 0 Å². The molecule has 1 aliphatic rings. The Morgan fingerprint density at radius 2 is 1.82 bits per heavy atom. The molecule has 1 aromatic carbocycles. The normalized spacial score (nSPS) is 14.6. The van der Waals surface area contributed by atoms with E-state index in [0.29, 0.717) is 18.5 Å². The topological polar surface area (TPSA) is 62.7 Å². The maximum Gasteiger partial charge on any atom is 0.223 e. The highest BCUT2D eigenvalue weighted by atomic mass is 19.1. The molecule has 1 saturated carbocycles. The summed E-state index contributed by atoms with van der Waals surface area (Å²) in [6.07, 6.45) is 9.74. The lowest BCUT2D eigenvalue weighted by Crippen LogP contribution is -2.23. The maximum absolute atomic E-state index is 13.3. The van der Waals surface area contributed by atoms with E-state index >= 15 is 0 Å². The van der Waals surface area contributed by atoms with Crippen molar-refractivity contribution in [3.63, 3.8) is 0 Å². The first-order chi connectivity index (χ1) is 13.8. The average Bonchev–Trinajstić information content (AvgIpc) is 2.74. The SMILES string of the molecule is Fc1cccc(CNc2cc(-c3ccnc(NC4CCCCC4)n3)ccn2)c1. The third-order valence-corrected chi connectivity index (χ3v) is 5.01. The van der Waals surface area contributed by atoms with Crippen LogP contribution in [0.2, 0.25) is 0 Å². The van der Waals surface area contributed by atoms with Crippen molar-refractivity contribution >= 4 is 11.8 Å². The van der Waals surface area contributed by atoms with Crippen LogP contribution in [0, 0.1) is 5.82 Å². The molecule has 3 aromatic rings. The van der Waals surface area contributed by atoms with Gasteiger partial charge >= 0.3 is 0 Å². The smallest absolute Gasteiger partial charge is 0.223 e. The van der Waals surface area contributed by atoms with Gasteiger partial charge in [0.1, 0.15) is 11.6 Å². The third kappa shape index (κ3) is 4.82. The van der Waals surface area contributed by atoms with Gasteiger partial charge in [0.25, 0.3) is 0 Å². The second kappa shape index (κ2) is 8.78. The maximum atomic E-state index is 13.3. The summed E-state index contributed by atoms with van der Waals surface area (Å²) < 4.78 is 13.3. The summed E-state index contributed by atoms with van der Waals surface area (Å²) in [6.45, 7) is 0.506. The van der Waals surface area contributed by atoms with Gasteiger partial charge in [-0.2, -0.15) is 0 Å². The molecule has 0 aliphatic heterocycles. The number of anilines is 2. The van der Waals surface area contributed by atoms with Crippen molar-refractivity contribution in [2.75, 3.05) is 10.6 Å². The van der Waals surface area contributed by atoms with Gasteiger partial charge in [0.2, 0.25) is 5.95 Å². The highest BCUT2D eigenvalue weighted by molar-refractivity contribution is 5.63. The number of nitrogens with one attached hydrogen (secondary N) is 2. The Labute approximate surface area is 164 Å². The zero-order valence-corrected chi connectivity index (χ0v) is 15.7. The number of hydrogen-bond donors (Lipinski definition) is 2. The molecule has 0 bridgehead atoms. The quantitative estimate of drug-likeness (QED) is 0.630. The molecule has 0 spiro atoms. The first kappa shape index (κ1) is 18.3. The van der Waals surface area contributed by atoms with E-state index in [4.69, 9.17) is 0 Å². The number of aromatic nitrogens is 3. The van der Waals surface area contributed by atoms with Crippen molar-refractivity contribution in [3.05, 3.63) is 66.2 Å². The first-order valence-electron chi connectivity index (χ1n) is 9.80. The highest BCUT2D eigenvalue weighted by Gasteiger charge is 2.14. The lowest BCUT2D eigenvalue weighted by atomic mass is 9.96. The van der Waals surface area contributed by atoms with Gasteiger partial charge in [0.05, 0.1) is 5.69 Å². The van der Waals surface area contributed by atoms with Gasteiger partial charge in [-0.1, -0.05) is 31.4 Å². The molecule has 1 aliphatic carbocycles. The van der Waals surface area contributed by atoms with Crippen LogP contribution < -0.4 is 10.6 Å². The second-order valence-corrected chi connectivity index (χ2v) is 7.16. The molecular weight excluding hydrogens is 353 g/mol. The summed E-state index contributed by atoms with van der Waals surface area (Å²) in [5.74, 6) is 1.16. The minimum Gasteiger partial charge on any atom is -0.366 e. The van der Waals surface area contributed by atoms with E-state index in [1.807, 2.05) is 24.3 Å². The Kier molecular flexibility index (Phi) is 5.75. The number of nitrogens with zero attached hydrogens (tertiary/aromatic N) is 3. The second-order valence-electron chi connectivity index (χ2n) is 7.16. The molecule has 28 heavy (non-hydrogen) atoms. The molecule has 0 amide bonds. The fourth-order valence-corrected chi connectivity index (χ4v) is 3.54. The largest absolute Gasteiger partial charge is 0.366 e. The summed E-state index contributed by atoms with van der Waals surface area (Å²) in [5, 5.41) is 6.71. The van der Waals surface area contributed by atoms with Crippen LogP contribution in [-0.4, -0.2) is 21.0 Å². The molecule has 5 nitrogen and oxygen atoms in total. The van der Waals surface area contributed by atoms with E-state index in [2.05, 4.69) is 25.6 Å². The van der Waals surface area contributed by atoms with Crippen molar-refractivity contribution < 1.29 is 4.39 Å². The van der Waals surface area contributed by atoms with Crippen molar-refractivity contribution in [2.24, 2.45) is 0 Å². The number of pyridine rings is 1. The van der Waals surface area contributed by atoms with Crippen molar-refractivity contribution in [1.29, 1.82) is 0 Å². The molecule has 0 saturated heterocycles. The van der Waals surface area contributed by atoms with Crippen molar-refractivity contribution in [3.8, 4) is 11.3 Å². The molecule has 2 aromatic heterocycles. The van der Waals surface area contributed by atoms with Gasteiger partial charge in [-0.3, -0.25) is 0 Å². The van der Waals surface area contributed by atoms with Crippen LogP contribution in [0.4, 0.5) is 16.2 Å². The molecule has 2 N–H and O–H groups in total. The molecule has 1 fully saturated rings. The minimum atomic E-state index is -0.236. The molecule has 0 radical (unpaired) electrons. The monoisotopic (exact) mass is 377 g/mol. The van der Waals surface area contributed by atoms with Gasteiger partial charge in [-0.25, -0.2) is 19.3 Å². The zero-order chi connectivity index (χ0) is 19.2. The van der Waals surface area contributed by atoms with Crippen LogP contribution in [0.25, 0.3) is 11.3 Å². The van der Waals surface area contributed by atoms with Crippen molar-refractivity contribution in [1.82, 2.24) is 15.0 Å². The number of rotatable bonds is 6. The van der Waals surface area contributed by atoms with Gasteiger partial charge < -0.3 is 10.6 Å². The Morgan fingerprint density at radius 1 is 0.964 bits per heavy atom. The van der Waals surface area contributed by atoms with Crippen LogP contribution in [0.3, 0.4) is 0 Å². The molecule has 0 unspecified atom stereocenters. The fraction of sp³-hybridized carbons (Fsp3) is 0.318. The van der Waals surface area contributed by atoms with E-state index in [1.165, 1.54) is 44.2 Å². The molecular formula is C22H24FN5. The summed E-state index contributed by atoms with van der Waals surface area (Å²) >= 11 is 0. The van der Waals surface area contributed by atoms with E-state index in [1.54, 1.807) is 18.5 Å². The Bertz CT molecular complexity index is 924. The number of halogens is 1. The highest BCUT2D eigenvalue weighted by Crippen LogP contribution is 2.23. The predicted octanol–water partition coefficient (Wildman–Crippen LogP) is 5.03. The summed E-state index contributed by atoms with van der Waals surface area (Å²) in [7, 11) is 0. The van der Waals surface area contributed by atoms with Crippen LogP contribution in [0.5, 0.6) is 0 Å². The van der Waals surface area contributed by atoms with Gasteiger partial charge in [0, 0.05) is 30.5 Å². The van der Waals surface area contributed by atoms with Crippen LogP contribution in [0.1, 0.15) is 37.7 Å². The Balaban J connectivity index is 1.45. The van der Waals surface area contributed by atoms with E-state index in [9.17, 15) is 4.39 Å².